The number of halogens is 3. The Morgan fingerprint density at radius 2 is 1.93 bits per heavy atom. The number of anilines is 2. The molecule has 0 aliphatic carbocycles. The number of piperidine rings is 1. The van der Waals surface area contributed by atoms with Crippen LogP contribution in [0.1, 0.15) is 24.0 Å². The smallest absolute Gasteiger partial charge is 0.355 e. The maximum absolute atomic E-state index is 12.8. The summed E-state index contributed by atoms with van der Waals surface area (Å²) in [6.07, 6.45) is 0.161. The van der Waals surface area contributed by atoms with Crippen molar-refractivity contribution >= 4 is 11.6 Å². The summed E-state index contributed by atoms with van der Waals surface area (Å²) in [6.45, 7) is 2.25. The van der Waals surface area contributed by atoms with Crippen LogP contribution in [0.5, 0.6) is 0 Å². The van der Waals surface area contributed by atoms with Gasteiger partial charge in [0.25, 0.3) is 0 Å². The normalized spacial score (nSPS) is 22.4. The average molecular weight is 373 g/mol. The predicted octanol–water partition coefficient (Wildman–Crippen LogP) is 3.47. The molecule has 0 amide bonds. The minimum atomic E-state index is -4.38. The second kappa shape index (κ2) is 6.72. The Morgan fingerprint density at radius 1 is 1.11 bits per heavy atom. The van der Waals surface area contributed by atoms with Crippen molar-refractivity contribution in [3.63, 3.8) is 0 Å². The molecule has 140 valence electrons. The molecule has 0 bridgehead atoms. The fraction of sp³-hybridized carbons (Fsp3) is 0.421. The predicted molar refractivity (Wildman–Crippen MR) is 94.3 cm³/mol. The Hall–Kier alpha value is -2.82. The van der Waals surface area contributed by atoms with Crippen LogP contribution in [0.25, 0.3) is 0 Å². The third kappa shape index (κ3) is 3.29. The van der Waals surface area contributed by atoms with Crippen molar-refractivity contribution in [2.45, 2.75) is 25.1 Å². The molecular weight excluding hydrogens is 355 g/mol. The second-order valence-corrected chi connectivity index (χ2v) is 6.93. The molecule has 8 heteroatoms. The second-order valence-electron chi connectivity index (χ2n) is 6.93. The molecule has 0 saturated carbocycles. The number of aromatic nitrogens is 2. The maximum atomic E-state index is 12.8. The summed E-state index contributed by atoms with van der Waals surface area (Å²) < 4.78 is 38.3. The highest BCUT2D eigenvalue weighted by molar-refractivity contribution is 5.56. The zero-order chi connectivity index (χ0) is 19.0. The van der Waals surface area contributed by atoms with Gasteiger partial charge in [-0.3, -0.25) is 0 Å². The first kappa shape index (κ1) is 17.6. The summed E-state index contributed by atoms with van der Waals surface area (Å²) >= 11 is 0. The number of fused-ring (bicyclic) bond motifs is 1. The molecule has 4 heterocycles. The molecule has 2 aromatic rings. The Balaban J connectivity index is 1.56. The first-order chi connectivity index (χ1) is 13.0. The molecule has 0 aromatic carbocycles. The lowest BCUT2D eigenvalue weighted by molar-refractivity contribution is -0.137. The molecule has 2 aliphatic rings. The van der Waals surface area contributed by atoms with E-state index in [0.717, 1.165) is 38.2 Å². The third-order valence-electron chi connectivity index (χ3n) is 5.44. The summed E-state index contributed by atoms with van der Waals surface area (Å²) in [7, 11) is 0. The fourth-order valence-corrected chi connectivity index (χ4v) is 4.07. The van der Waals surface area contributed by atoms with Gasteiger partial charge in [-0.05, 0) is 43.0 Å². The van der Waals surface area contributed by atoms with Crippen LogP contribution in [0, 0.1) is 17.2 Å². The molecule has 2 saturated heterocycles. The van der Waals surface area contributed by atoms with Gasteiger partial charge in [0.2, 0.25) is 0 Å². The Labute approximate surface area is 155 Å². The molecule has 0 spiro atoms. The van der Waals surface area contributed by atoms with Crippen molar-refractivity contribution in [2.24, 2.45) is 5.92 Å². The van der Waals surface area contributed by atoms with Crippen molar-refractivity contribution in [1.29, 1.82) is 5.26 Å². The standard InChI is InChI=1S/C19H18F3N5/c20-19(21,22)15-3-4-17(25-11-15)26-8-5-13-6-9-27(16(13)12-26)18-14(10-23)2-1-7-24-18/h1-4,7,11,13,16H,5-6,8-9,12H2. The van der Waals surface area contributed by atoms with Crippen molar-refractivity contribution in [3.8, 4) is 6.07 Å². The van der Waals surface area contributed by atoms with Gasteiger partial charge >= 0.3 is 6.18 Å². The van der Waals surface area contributed by atoms with E-state index in [-0.39, 0.29) is 6.04 Å². The van der Waals surface area contributed by atoms with E-state index < -0.39 is 11.7 Å². The molecule has 2 atom stereocenters. The average Bonchev–Trinajstić information content (AvgIpc) is 3.10. The number of nitriles is 1. The van der Waals surface area contributed by atoms with E-state index >= 15 is 0 Å². The summed E-state index contributed by atoms with van der Waals surface area (Å²) in [5.74, 6) is 1.73. The molecule has 2 fully saturated rings. The van der Waals surface area contributed by atoms with Crippen molar-refractivity contribution in [1.82, 2.24) is 9.97 Å². The SMILES string of the molecule is N#Cc1cccnc1N1CCC2CCN(c3ccc(C(F)(F)F)cn3)CC21. The first-order valence-corrected chi connectivity index (χ1v) is 8.87. The Kier molecular flexibility index (Phi) is 4.38. The van der Waals surface area contributed by atoms with Gasteiger partial charge in [0, 0.05) is 32.0 Å². The van der Waals surface area contributed by atoms with Crippen LogP contribution in [0.2, 0.25) is 0 Å². The summed E-state index contributed by atoms with van der Waals surface area (Å²) in [5, 5.41) is 9.37. The number of pyridine rings is 2. The molecule has 2 unspecified atom stereocenters. The number of hydrogen-bond donors (Lipinski definition) is 0. The fourth-order valence-electron chi connectivity index (χ4n) is 4.07. The van der Waals surface area contributed by atoms with Crippen LogP contribution in [-0.4, -0.2) is 35.6 Å². The number of nitrogens with zero attached hydrogens (tertiary/aromatic N) is 5. The first-order valence-electron chi connectivity index (χ1n) is 8.87. The van der Waals surface area contributed by atoms with Gasteiger partial charge in [-0.25, -0.2) is 9.97 Å². The van der Waals surface area contributed by atoms with E-state index in [9.17, 15) is 18.4 Å². The monoisotopic (exact) mass is 373 g/mol. The van der Waals surface area contributed by atoms with Crippen molar-refractivity contribution in [3.05, 3.63) is 47.8 Å². The van der Waals surface area contributed by atoms with Crippen LogP contribution in [-0.2, 0) is 6.18 Å². The van der Waals surface area contributed by atoms with Gasteiger partial charge < -0.3 is 9.80 Å². The topological polar surface area (TPSA) is 56.1 Å². The quantitative estimate of drug-likeness (QED) is 0.807. The minimum Gasteiger partial charge on any atom is -0.355 e. The van der Waals surface area contributed by atoms with E-state index in [4.69, 9.17) is 0 Å². The Morgan fingerprint density at radius 3 is 2.63 bits per heavy atom. The van der Waals surface area contributed by atoms with Crippen LogP contribution in [0.15, 0.2) is 36.7 Å². The van der Waals surface area contributed by atoms with Crippen LogP contribution < -0.4 is 9.80 Å². The van der Waals surface area contributed by atoms with E-state index in [0.29, 0.717) is 29.7 Å². The van der Waals surface area contributed by atoms with Gasteiger partial charge in [0.05, 0.1) is 17.2 Å². The lowest BCUT2D eigenvalue weighted by atomic mass is 9.92. The summed E-state index contributed by atoms with van der Waals surface area (Å²) in [6, 6.07) is 8.38. The van der Waals surface area contributed by atoms with E-state index in [1.165, 1.54) is 6.07 Å². The number of alkyl halides is 3. The van der Waals surface area contributed by atoms with E-state index in [1.807, 2.05) is 4.90 Å². The lowest BCUT2D eigenvalue weighted by Gasteiger charge is -2.39. The van der Waals surface area contributed by atoms with E-state index in [2.05, 4.69) is 20.9 Å². The summed E-state index contributed by atoms with van der Waals surface area (Å²) in [4.78, 5) is 12.6. The van der Waals surface area contributed by atoms with Gasteiger partial charge in [0.15, 0.2) is 0 Å². The largest absolute Gasteiger partial charge is 0.417 e. The molecule has 5 nitrogen and oxygen atoms in total. The number of rotatable bonds is 2. The maximum Gasteiger partial charge on any atom is 0.417 e. The molecule has 0 N–H and O–H groups in total. The van der Waals surface area contributed by atoms with E-state index in [1.54, 1.807) is 18.3 Å². The third-order valence-corrected chi connectivity index (χ3v) is 5.44. The van der Waals surface area contributed by atoms with Crippen LogP contribution in [0.3, 0.4) is 0 Å². The minimum absolute atomic E-state index is 0.171. The molecule has 2 aliphatic heterocycles. The Bertz CT molecular complexity index is 859. The lowest BCUT2D eigenvalue weighted by Crippen LogP contribution is -2.49. The molecule has 2 aromatic heterocycles. The van der Waals surface area contributed by atoms with Gasteiger partial charge in [-0.15, -0.1) is 0 Å². The zero-order valence-electron chi connectivity index (χ0n) is 14.5. The number of hydrogen-bond acceptors (Lipinski definition) is 5. The zero-order valence-corrected chi connectivity index (χ0v) is 14.5. The molecule has 4 rings (SSSR count). The molecule has 27 heavy (non-hydrogen) atoms. The van der Waals surface area contributed by atoms with Gasteiger partial charge in [-0.1, -0.05) is 0 Å². The van der Waals surface area contributed by atoms with Crippen molar-refractivity contribution < 1.29 is 13.2 Å². The van der Waals surface area contributed by atoms with Crippen molar-refractivity contribution in [2.75, 3.05) is 29.4 Å². The summed E-state index contributed by atoms with van der Waals surface area (Å²) in [5.41, 5.74) is -0.196. The van der Waals surface area contributed by atoms with Gasteiger partial charge in [-0.2, -0.15) is 18.4 Å². The molecule has 0 radical (unpaired) electrons. The van der Waals surface area contributed by atoms with Crippen LogP contribution >= 0.6 is 0 Å². The highest BCUT2D eigenvalue weighted by atomic mass is 19.4. The highest BCUT2D eigenvalue weighted by Gasteiger charge is 2.40. The molecular formula is C19H18F3N5. The highest BCUT2D eigenvalue weighted by Crippen LogP contribution is 2.37. The van der Waals surface area contributed by atoms with Crippen LogP contribution in [0.4, 0.5) is 24.8 Å². The van der Waals surface area contributed by atoms with Gasteiger partial charge in [0.1, 0.15) is 17.7 Å².